The minimum absolute atomic E-state index is 0. The van der Waals surface area contributed by atoms with Gasteiger partial charge in [0.2, 0.25) is 0 Å². The van der Waals surface area contributed by atoms with Crippen molar-refractivity contribution in [2.45, 2.75) is 26.2 Å². The fourth-order valence-electron chi connectivity index (χ4n) is 1.05. The zero-order valence-corrected chi connectivity index (χ0v) is 11.1. The number of ketones is 1. The molecule has 0 aromatic rings. The molecule has 4 heteroatoms. The Hall–Kier alpha value is 0.0700. The highest BCUT2D eigenvalue weighted by atomic mass is 79.9. The van der Waals surface area contributed by atoms with Gasteiger partial charge in [0.05, 0.1) is 6.61 Å². The first-order valence-electron chi connectivity index (χ1n) is 4.91. The Balaban J connectivity index is 0. The third kappa shape index (κ3) is 12.1. The molecule has 0 aliphatic rings. The van der Waals surface area contributed by atoms with Crippen LogP contribution in [0, 0.1) is 0 Å². The van der Waals surface area contributed by atoms with Crippen molar-refractivity contribution in [1.82, 2.24) is 4.90 Å². The van der Waals surface area contributed by atoms with Crippen molar-refractivity contribution in [3.05, 3.63) is 0 Å². The molecule has 3 nitrogen and oxygen atoms in total. The van der Waals surface area contributed by atoms with Gasteiger partial charge >= 0.3 is 0 Å². The summed E-state index contributed by atoms with van der Waals surface area (Å²) in [6.07, 6.45) is 2.21. The van der Waals surface area contributed by atoms with Gasteiger partial charge in [-0.15, -0.1) is 17.0 Å². The third-order valence-corrected chi connectivity index (χ3v) is 1.79. The number of carbonyl (C=O) groups is 1. The van der Waals surface area contributed by atoms with Crippen LogP contribution in [0.25, 0.3) is 0 Å². The van der Waals surface area contributed by atoms with Crippen LogP contribution in [0.2, 0.25) is 0 Å². The lowest BCUT2D eigenvalue weighted by Crippen LogP contribution is -2.14. The zero-order chi connectivity index (χ0) is 10.1. The molecule has 0 fully saturated rings. The molecule has 0 radical (unpaired) electrons. The maximum atomic E-state index is 11.2. The summed E-state index contributed by atoms with van der Waals surface area (Å²) >= 11 is 0. The van der Waals surface area contributed by atoms with Crippen LogP contribution in [0.3, 0.4) is 0 Å². The van der Waals surface area contributed by atoms with E-state index in [9.17, 15) is 4.79 Å². The Kier molecular flexibility index (Phi) is 13.1. The molecule has 0 unspecified atom stereocenters. The second-order valence-corrected chi connectivity index (χ2v) is 3.39. The average Bonchev–Trinajstić information content (AvgIpc) is 2.04. The van der Waals surface area contributed by atoms with Gasteiger partial charge in [0.15, 0.2) is 0 Å². The summed E-state index contributed by atoms with van der Waals surface area (Å²) in [6, 6.07) is 0. The molecule has 0 aromatic heterocycles. The molecule has 0 saturated heterocycles. The lowest BCUT2D eigenvalue weighted by molar-refractivity contribution is -0.120. The van der Waals surface area contributed by atoms with Crippen LogP contribution in [0.1, 0.15) is 26.2 Å². The van der Waals surface area contributed by atoms with Crippen molar-refractivity contribution in [1.29, 1.82) is 0 Å². The molecule has 0 aliphatic heterocycles. The first kappa shape index (κ1) is 16.5. The number of Topliss-reactive ketones (excluding diaryl/α,β-unsaturated/α-hetero) is 1. The van der Waals surface area contributed by atoms with Crippen LogP contribution in [0.15, 0.2) is 0 Å². The van der Waals surface area contributed by atoms with Crippen LogP contribution in [-0.2, 0) is 9.53 Å². The standard InChI is InChI=1S/C10H21NO2.BrH/c1-4-13-9-7-10(12)6-5-8-11(2)3;/h4-9H2,1-3H3;1H. The Labute approximate surface area is 97.6 Å². The van der Waals surface area contributed by atoms with Gasteiger partial charge in [0, 0.05) is 19.4 Å². The summed E-state index contributed by atoms with van der Waals surface area (Å²) in [7, 11) is 4.04. The Morgan fingerprint density at radius 1 is 1.29 bits per heavy atom. The fourth-order valence-corrected chi connectivity index (χ4v) is 1.05. The lowest BCUT2D eigenvalue weighted by Gasteiger charge is -2.08. The zero-order valence-electron chi connectivity index (χ0n) is 9.41. The van der Waals surface area contributed by atoms with Crippen LogP contribution in [-0.4, -0.2) is 44.5 Å². The van der Waals surface area contributed by atoms with Crippen LogP contribution in [0.5, 0.6) is 0 Å². The highest BCUT2D eigenvalue weighted by Crippen LogP contribution is 1.96. The number of hydrogen-bond acceptors (Lipinski definition) is 3. The van der Waals surface area contributed by atoms with Crippen molar-refractivity contribution >= 4 is 22.8 Å². The minimum atomic E-state index is 0. The summed E-state index contributed by atoms with van der Waals surface area (Å²) in [5.74, 6) is 0.315. The number of hydrogen-bond donors (Lipinski definition) is 0. The molecule has 0 N–H and O–H groups in total. The molecule has 86 valence electrons. The van der Waals surface area contributed by atoms with Gasteiger partial charge in [-0.1, -0.05) is 0 Å². The first-order chi connectivity index (χ1) is 6.16. The summed E-state index contributed by atoms with van der Waals surface area (Å²) in [4.78, 5) is 13.3. The fraction of sp³-hybridized carbons (Fsp3) is 0.900. The van der Waals surface area contributed by atoms with E-state index in [-0.39, 0.29) is 17.0 Å². The van der Waals surface area contributed by atoms with Gasteiger partial charge in [-0.25, -0.2) is 0 Å². The van der Waals surface area contributed by atoms with Crippen molar-refractivity contribution in [3.8, 4) is 0 Å². The smallest absolute Gasteiger partial charge is 0.135 e. The van der Waals surface area contributed by atoms with Gasteiger partial charge in [-0.05, 0) is 34.0 Å². The number of ether oxygens (including phenoxy) is 1. The normalized spacial score (nSPS) is 10.0. The predicted molar refractivity (Wildman–Crippen MR) is 64.2 cm³/mol. The average molecular weight is 268 g/mol. The maximum absolute atomic E-state index is 11.2. The summed E-state index contributed by atoms with van der Waals surface area (Å²) in [6.45, 7) is 4.21. The predicted octanol–water partition coefficient (Wildman–Crippen LogP) is 1.90. The molecule has 0 aliphatic carbocycles. The molecule has 14 heavy (non-hydrogen) atoms. The molecular formula is C10H22BrNO2. The number of rotatable bonds is 8. The van der Waals surface area contributed by atoms with E-state index in [1.54, 1.807) is 0 Å². The van der Waals surface area contributed by atoms with Gasteiger partial charge in [-0.3, -0.25) is 4.79 Å². The highest BCUT2D eigenvalue weighted by molar-refractivity contribution is 8.93. The molecule has 0 aromatic carbocycles. The van der Waals surface area contributed by atoms with E-state index < -0.39 is 0 Å². The van der Waals surface area contributed by atoms with Crippen molar-refractivity contribution in [2.24, 2.45) is 0 Å². The van der Waals surface area contributed by atoms with E-state index in [1.807, 2.05) is 21.0 Å². The van der Waals surface area contributed by atoms with Crippen molar-refractivity contribution in [3.63, 3.8) is 0 Å². The van der Waals surface area contributed by atoms with Crippen LogP contribution >= 0.6 is 17.0 Å². The largest absolute Gasteiger partial charge is 0.381 e. The molecule has 0 bridgehead atoms. The van der Waals surface area contributed by atoms with Gasteiger partial charge in [0.1, 0.15) is 5.78 Å². The van der Waals surface area contributed by atoms with Gasteiger partial charge < -0.3 is 9.64 Å². The molecular weight excluding hydrogens is 246 g/mol. The second-order valence-electron chi connectivity index (χ2n) is 3.39. The highest BCUT2D eigenvalue weighted by Gasteiger charge is 2.01. The number of nitrogens with zero attached hydrogens (tertiary/aromatic N) is 1. The van der Waals surface area contributed by atoms with Crippen LogP contribution < -0.4 is 0 Å². The van der Waals surface area contributed by atoms with E-state index >= 15 is 0 Å². The topological polar surface area (TPSA) is 29.5 Å². The van der Waals surface area contributed by atoms with Gasteiger partial charge in [-0.2, -0.15) is 0 Å². The molecule has 0 atom stereocenters. The monoisotopic (exact) mass is 267 g/mol. The maximum Gasteiger partial charge on any atom is 0.135 e. The molecule has 0 spiro atoms. The lowest BCUT2D eigenvalue weighted by atomic mass is 10.2. The SMILES string of the molecule is Br.CCOCCC(=O)CCCN(C)C. The van der Waals surface area contributed by atoms with E-state index in [0.717, 1.165) is 13.0 Å². The minimum Gasteiger partial charge on any atom is -0.381 e. The Morgan fingerprint density at radius 3 is 2.43 bits per heavy atom. The second kappa shape index (κ2) is 11.1. The molecule has 0 heterocycles. The third-order valence-electron chi connectivity index (χ3n) is 1.79. The van der Waals surface area contributed by atoms with E-state index in [1.165, 1.54) is 0 Å². The summed E-state index contributed by atoms with van der Waals surface area (Å²) < 4.78 is 5.10. The number of carbonyl (C=O) groups excluding carboxylic acids is 1. The first-order valence-corrected chi connectivity index (χ1v) is 4.91. The van der Waals surface area contributed by atoms with E-state index in [2.05, 4.69) is 4.90 Å². The Morgan fingerprint density at radius 2 is 1.93 bits per heavy atom. The summed E-state index contributed by atoms with van der Waals surface area (Å²) in [5.41, 5.74) is 0. The molecule has 0 saturated carbocycles. The van der Waals surface area contributed by atoms with E-state index in [4.69, 9.17) is 4.74 Å². The number of halogens is 1. The molecule has 0 rings (SSSR count). The molecule has 0 amide bonds. The quantitative estimate of drug-likeness (QED) is 0.630. The van der Waals surface area contributed by atoms with Crippen molar-refractivity contribution in [2.75, 3.05) is 33.9 Å². The van der Waals surface area contributed by atoms with Gasteiger partial charge in [0.25, 0.3) is 0 Å². The Bertz CT molecular complexity index is 140. The summed E-state index contributed by atoms with van der Waals surface area (Å²) in [5, 5.41) is 0. The van der Waals surface area contributed by atoms with E-state index in [0.29, 0.717) is 31.8 Å². The van der Waals surface area contributed by atoms with Crippen LogP contribution in [0.4, 0.5) is 0 Å². The van der Waals surface area contributed by atoms with Crippen molar-refractivity contribution < 1.29 is 9.53 Å².